The van der Waals surface area contributed by atoms with Gasteiger partial charge in [-0.25, -0.2) is 8.42 Å². The molecule has 0 aromatic carbocycles. The van der Waals surface area contributed by atoms with Crippen molar-refractivity contribution in [3.63, 3.8) is 0 Å². The Hall–Kier alpha value is -0.390. The highest BCUT2D eigenvalue weighted by Crippen LogP contribution is 2.40. The summed E-state index contributed by atoms with van der Waals surface area (Å²) in [5, 5.41) is -0.181. The molecule has 0 radical (unpaired) electrons. The number of sulfone groups is 1. The molecule has 20 heavy (non-hydrogen) atoms. The lowest BCUT2D eigenvalue weighted by Gasteiger charge is -2.31. The van der Waals surface area contributed by atoms with Crippen LogP contribution in [-0.2, 0) is 22.7 Å². The first-order valence-electron chi connectivity index (χ1n) is 7.51. The summed E-state index contributed by atoms with van der Waals surface area (Å²) in [4.78, 5) is 2.78. The first-order valence-corrected chi connectivity index (χ1v) is 10.3. The first kappa shape index (κ1) is 14.5. The highest BCUT2D eigenvalue weighted by atomic mass is 32.2. The first-order chi connectivity index (χ1) is 9.45. The molecule has 2 aliphatic carbocycles. The van der Waals surface area contributed by atoms with E-state index in [1.54, 1.807) is 0 Å². The van der Waals surface area contributed by atoms with Crippen LogP contribution in [0.1, 0.15) is 53.5 Å². The second kappa shape index (κ2) is 5.43. The minimum absolute atomic E-state index is 0.0233. The zero-order chi connectivity index (χ0) is 14.3. The number of fused-ring (bicyclic) bond motifs is 1. The standard InChI is InChI=1S/C15H23NO2S2/c1-20(17,18)12-6-2-5-11(8-12)15(16)14-9-10-4-3-7-13(10)19-14/h9,11-12,15H,2-8,16H2,1H3. The number of thiophene rings is 1. The van der Waals surface area contributed by atoms with Crippen molar-refractivity contribution in [2.45, 2.75) is 56.2 Å². The third-order valence-electron chi connectivity index (χ3n) is 4.87. The van der Waals surface area contributed by atoms with E-state index in [0.717, 1.165) is 25.7 Å². The topological polar surface area (TPSA) is 60.2 Å². The Balaban J connectivity index is 1.74. The molecule has 3 nitrogen and oxygen atoms in total. The third-order valence-corrected chi connectivity index (χ3v) is 7.85. The van der Waals surface area contributed by atoms with Crippen molar-refractivity contribution in [2.75, 3.05) is 6.26 Å². The normalized spacial score (nSPS) is 28.3. The Labute approximate surface area is 125 Å². The van der Waals surface area contributed by atoms with Crippen LogP contribution in [0.4, 0.5) is 0 Å². The van der Waals surface area contributed by atoms with Crippen molar-refractivity contribution in [3.05, 3.63) is 21.4 Å². The number of hydrogen-bond acceptors (Lipinski definition) is 4. The van der Waals surface area contributed by atoms with Gasteiger partial charge in [0.1, 0.15) is 9.84 Å². The molecule has 1 aromatic rings. The molecule has 0 saturated heterocycles. The van der Waals surface area contributed by atoms with Gasteiger partial charge in [-0.05, 0) is 56.1 Å². The van der Waals surface area contributed by atoms with E-state index in [9.17, 15) is 8.42 Å². The maximum atomic E-state index is 11.8. The monoisotopic (exact) mass is 313 g/mol. The minimum atomic E-state index is -2.92. The molecule has 1 heterocycles. The van der Waals surface area contributed by atoms with Gasteiger partial charge < -0.3 is 5.73 Å². The largest absolute Gasteiger partial charge is 0.323 e. The number of hydrogen-bond donors (Lipinski definition) is 1. The molecule has 1 aromatic heterocycles. The highest BCUT2D eigenvalue weighted by Gasteiger charge is 2.33. The zero-order valence-corrected chi connectivity index (χ0v) is 13.6. The van der Waals surface area contributed by atoms with Crippen LogP contribution in [0.15, 0.2) is 6.07 Å². The smallest absolute Gasteiger partial charge is 0.150 e. The molecule has 1 saturated carbocycles. The average molecular weight is 313 g/mol. The van der Waals surface area contributed by atoms with Crippen LogP contribution in [0, 0.1) is 5.92 Å². The summed E-state index contributed by atoms with van der Waals surface area (Å²) in [6, 6.07) is 2.30. The van der Waals surface area contributed by atoms with Gasteiger partial charge in [0.2, 0.25) is 0 Å². The Morgan fingerprint density at radius 1 is 1.30 bits per heavy atom. The van der Waals surface area contributed by atoms with E-state index >= 15 is 0 Å². The van der Waals surface area contributed by atoms with E-state index in [-0.39, 0.29) is 11.3 Å². The average Bonchev–Trinajstić information content (AvgIpc) is 2.97. The minimum Gasteiger partial charge on any atom is -0.323 e. The molecule has 0 amide bonds. The van der Waals surface area contributed by atoms with E-state index in [2.05, 4.69) is 6.07 Å². The van der Waals surface area contributed by atoms with Crippen LogP contribution >= 0.6 is 11.3 Å². The number of rotatable bonds is 3. The summed E-state index contributed by atoms with van der Waals surface area (Å²) in [5.74, 6) is 0.322. The van der Waals surface area contributed by atoms with Crippen molar-refractivity contribution in [1.29, 1.82) is 0 Å². The fourth-order valence-electron chi connectivity index (χ4n) is 3.64. The van der Waals surface area contributed by atoms with Crippen LogP contribution in [-0.4, -0.2) is 19.9 Å². The molecule has 0 aliphatic heterocycles. The number of nitrogens with two attached hydrogens (primary N) is 1. The molecule has 2 N–H and O–H groups in total. The predicted octanol–water partition coefficient (Wildman–Crippen LogP) is 2.84. The Kier molecular flexibility index (Phi) is 3.95. The van der Waals surface area contributed by atoms with E-state index in [1.165, 1.54) is 40.8 Å². The predicted molar refractivity (Wildman–Crippen MR) is 83.9 cm³/mol. The molecular formula is C15H23NO2S2. The molecule has 1 fully saturated rings. The summed E-state index contributed by atoms with van der Waals surface area (Å²) in [6.07, 6.45) is 8.63. The lowest BCUT2D eigenvalue weighted by Crippen LogP contribution is -2.32. The highest BCUT2D eigenvalue weighted by molar-refractivity contribution is 7.91. The molecule has 3 atom stereocenters. The van der Waals surface area contributed by atoms with Crippen molar-refractivity contribution in [1.82, 2.24) is 0 Å². The van der Waals surface area contributed by atoms with Gasteiger partial charge in [-0.3, -0.25) is 0 Å². The fourth-order valence-corrected chi connectivity index (χ4v) is 6.19. The fraction of sp³-hybridized carbons (Fsp3) is 0.733. The summed E-state index contributed by atoms with van der Waals surface area (Å²) in [6.45, 7) is 0. The van der Waals surface area contributed by atoms with E-state index < -0.39 is 9.84 Å². The van der Waals surface area contributed by atoms with Gasteiger partial charge in [0.25, 0.3) is 0 Å². The molecule has 112 valence electrons. The SMILES string of the molecule is CS(=O)(=O)C1CCCC(C(N)c2cc3c(s2)CCC3)C1. The van der Waals surface area contributed by atoms with E-state index in [1.807, 2.05) is 11.3 Å². The molecular weight excluding hydrogens is 290 g/mol. The lowest BCUT2D eigenvalue weighted by molar-refractivity contribution is 0.311. The van der Waals surface area contributed by atoms with Gasteiger partial charge in [-0.15, -0.1) is 11.3 Å². The van der Waals surface area contributed by atoms with Gasteiger partial charge in [-0.1, -0.05) is 6.42 Å². The van der Waals surface area contributed by atoms with E-state index in [0.29, 0.717) is 5.92 Å². The molecule has 5 heteroatoms. The summed E-state index contributed by atoms with van der Waals surface area (Å²) < 4.78 is 23.5. The number of aryl methyl sites for hydroxylation is 2. The molecule has 0 spiro atoms. The van der Waals surface area contributed by atoms with Crippen LogP contribution in [0.2, 0.25) is 0 Å². The quantitative estimate of drug-likeness (QED) is 0.933. The van der Waals surface area contributed by atoms with Crippen LogP contribution in [0.5, 0.6) is 0 Å². The van der Waals surface area contributed by atoms with Crippen molar-refractivity contribution in [3.8, 4) is 0 Å². The van der Waals surface area contributed by atoms with E-state index in [4.69, 9.17) is 5.73 Å². The maximum Gasteiger partial charge on any atom is 0.150 e. The van der Waals surface area contributed by atoms with Crippen molar-refractivity contribution in [2.24, 2.45) is 11.7 Å². The van der Waals surface area contributed by atoms with Crippen molar-refractivity contribution < 1.29 is 8.42 Å². The second-order valence-electron chi connectivity index (χ2n) is 6.35. The van der Waals surface area contributed by atoms with Gasteiger partial charge in [0.05, 0.1) is 5.25 Å². The van der Waals surface area contributed by atoms with Gasteiger partial charge >= 0.3 is 0 Å². The lowest BCUT2D eigenvalue weighted by atomic mass is 9.83. The van der Waals surface area contributed by atoms with Gasteiger partial charge in [0.15, 0.2) is 0 Å². The Morgan fingerprint density at radius 2 is 2.10 bits per heavy atom. The molecule has 3 rings (SSSR count). The Bertz CT molecular complexity index is 570. The van der Waals surface area contributed by atoms with Gasteiger partial charge in [0, 0.05) is 22.1 Å². The molecule has 3 unspecified atom stereocenters. The van der Waals surface area contributed by atoms with Crippen LogP contribution in [0.25, 0.3) is 0 Å². The maximum absolute atomic E-state index is 11.8. The van der Waals surface area contributed by atoms with Gasteiger partial charge in [-0.2, -0.15) is 0 Å². The van der Waals surface area contributed by atoms with Crippen LogP contribution < -0.4 is 5.73 Å². The molecule has 0 bridgehead atoms. The Morgan fingerprint density at radius 3 is 2.80 bits per heavy atom. The second-order valence-corrected chi connectivity index (χ2v) is 9.85. The van der Waals surface area contributed by atoms with Crippen LogP contribution in [0.3, 0.4) is 0 Å². The summed E-state index contributed by atoms with van der Waals surface area (Å²) in [7, 11) is -2.92. The van der Waals surface area contributed by atoms with Crippen molar-refractivity contribution >= 4 is 21.2 Å². The summed E-state index contributed by atoms with van der Waals surface area (Å²) in [5.41, 5.74) is 7.93. The zero-order valence-electron chi connectivity index (χ0n) is 12.0. The summed E-state index contributed by atoms with van der Waals surface area (Å²) >= 11 is 1.86. The third kappa shape index (κ3) is 2.81. The molecule has 2 aliphatic rings.